The highest BCUT2D eigenvalue weighted by Gasteiger charge is 2.24. The van der Waals surface area contributed by atoms with Gasteiger partial charge < -0.3 is 10.6 Å². The number of hydrogen-bond donors (Lipinski definition) is 1. The number of pyridine rings is 1. The lowest BCUT2D eigenvalue weighted by Gasteiger charge is -2.25. The van der Waals surface area contributed by atoms with Crippen LogP contribution in [0.1, 0.15) is 24.1 Å². The van der Waals surface area contributed by atoms with Gasteiger partial charge in [0.05, 0.1) is 5.92 Å². The fraction of sp³-hybridized carbons (Fsp3) is 0.333. The molecule has 2 N–H and O–H groups in total. The average molecular weight is 297 g/mol. The van der Waals surface area contributed by atoms with E-state index in [0.717, 1.165) is 12.0 Å². The number of nitrogens with two attached hydrogens (primary N) is 1. The molecule has 4 heteroatoms. The largest absolute Gasteiger partial charge is 0.345 e. The smallest absolute Gasteiger partial charge is 0.227 e. The number of benzene rings is 1. The van der Waals surface area contributed by atoms with Gasteiger partial charge in [-0.15, -0.1) is 0 Å². The fourth-order valence-electron chi connectivity index (χ4n) is 2.42. The minimum Gasteiger partial charge on any atom is -0.345 e. The Bertz CT molecular complexity index is 586. The minimum absolute atomic E-state index is 0.0745. The first kappa shape index (κ1) is 16.2. The normalized spacial score (nSPS) is 13.4. The molecule has 1 aromatic carbocycles. The highest BCUT2D eigenvalue weighted by Crippen LogP contribution is 2.20. The van der Waals surface area contributed by atoms with Crippen LogP contribution < -0.4 is 5.73 Å². The lowest BCUT2D eigenvalue weighted by molar-refractivity contribution is -0.134. The topological polar surface area (TPSA) is 59.2 Å². The first-order valence-corrected chi connectivity index (χ1v) is 7.54. The zero-order chi connectivity index (χ0) is 15.9. The van der Waals surface area contributed by atoms with Gasteiger partial charge in [-0.3, -0.25) is 9.78 Å². The number of carbonyl (C=O) groups excluding carboxylic acids is 1. The van der Waals surface area contributed by atoms with E-state index in [0.29, 0.717) is 6.54 Å². The van der Waals surface area contributed by atoms with E-state index in [1.165, 1.54) is 5.56 Å². The quantitative estimate of drug-likeness (QED) is 0.891. The Morgan fingerprint density at radius 1 is 1.18 bits per heavy atom. The molecule has 1 aromatic heterocycles. The molecule has 1 amide bonds. The predicted octanol–water partition coefficient (Wildman–Crippen LogP) is 2.42. The van der Waals surface area contributed by atoms with Gasteiger partial charge in [-0.05, 0) is 29.7 Å². The van der Waals surface area contributed by atoms with Gasteiger partial charge in [-0.25, -0.2) is 0 Å². The second kappa shape index (κ2) is 7.71. The molecule has 2 aromatic rings. The zero-order valence-electron chi connectivity index (χ0n) is 13.1. The van der Waals surface area contributed by atoms with Crippen LogP contribution >= 0.6 is 0 Å². The van der Waals surface area contributed by atoms with Crippen LogP contribution in [0.25, 0.3) is 0 Å². The Hall–Kier alpha value is -2.20. The first-order valence-electron chi connectivity index (χ1n) is 7.54. The standard InChI is InChI=1S/C18H23N3O/c1-14(17(19)16-6-4-3-5-7-16)18(22)21(2)13-10-15-8-11-20-12-9-15/h3-9,11-12,14,17H,10,13,19H2,1-2H3. The van der Waals surface area contributed by atoms with E-state index in [4.69, 9.17) is 5.73 Å². The maximum atomic E-state index is 12.5. The first-order chi connectivity index (χ1) is 10.6. The number of amides is 1. The summed E-state index contributed by atoms with van der Waals surface area (Å²) in [5.74, 6) is -0.171. The molecule has 0 aliphatic carbocycles. The van der Waals surface area contributed by atoms with Crippen molar-refractivity contribution in [3.05, 3.63) is 66.0 Å². The van der Waals surface area contributed by atoms with Crippen LogP contribution in [0, 0.1) is 5.92 Å². The maximum Gasteiger partial charge on any atom is 0.227 e. The van der Waals surface area contributed by atoms with Crippen molar-refractivity contribution < 1.29 is 4.79 Å². The van der Waals surface area contributed by atoms with E-state index in [1.54, 1.807) is 17.3 Å². The van der Waals surface area contributed by atoms with Crippen molar-refractivity contribution in [2.75, 3.05) is 13.6 Å². The van der Waals surface area contributed by atoms with Crippen molar-refractivity contribution in [3.63, 3.8) is 0 Å². The number of nitrogens with zero attached hydrogens (tertiary/aromatic N) is 2. The minimum atomic E-state index is -0.280. The number of carbonyl (C=O) groups is 1. The molecule has 4 nitrogen and oxygen atoms in total. The molecule has 2 rings (SSSR count). The Morgan fingerprint density at radius 3 is 2.45 bits per heavy atom. The predicted molar refractivity (Wildman–Crippen MR) is 88.1 cm³/mol. The van der Waals surface area contributed by atoms with Gasteiger partial charge in [-0.1, -0.05) is 37.3 Å². The summed E-state index contributed by atoms with van der Waals surface area (Å²) in [6.07, 6.45) is 4.36. The van der Waals surface area contributed by atoms with Crippen LogP contribution in [0.3, 0.4) is 0 Å². The lowest BCUT2D eigenvalue weighted by Crippen LogP contribution is -2.38. The van der Waals surface area contributed by atoms with Gasteiger partial charge in [-0.2, -0.15) is 0 Å². The van der Waals surface area contributed by atoms with Crippen molar-refractivity contribution in [1.82, 2.24) is 9.88 Å². The van der Waals surface area contributed by atoms with E-state index in [1.807, 2.05) is 56.4 Å². The van der Waals surface area contributed by atoms with Crippen molar-refractivity contribution in [2.45, 2.75) is 19.4 Å². The molecule has 2 unspecified atom stereocenters. The van der Waals surface area contributed by atoms with Crippen molar-refractivity contribution in [1.29, 1.82) is 0 Å². The molecule has 0 spiro atoms. The number of hydrogen-bond acceptors (Lipinski definition) is 3. The molecule has 116 valence electrons. The molecule has 22 heavy (non-hydrogen) atoms. The monoisotopic (exact) mass is 297 g/mol. The van der Waals surface area contributed by atoms with E-state index in [-0.39, 0.29) is 17.9 Å². The van der Waals surface area contributed by atoms with Crippen molar-refractivity contribution >= 4 is 5.91 Å². The highest BCUT2D eigenvalue weighted by molar-refractivity contribution is 5.79. The molecule has 2 atom stereocenters. The third-order valence-corrected chi connectivity index (χ3v) is 3.97. The van der Waals surface area contributed by atoms with Gasteiger partial charge >= 0.3 is 0 Å². The Balaban J connectivity index is 1.92. The summed E-state index contributed by atoms with van der Waals surface area (Å²) in [7, 11) is 1.83. The number of rotatable bonds is 6. The maximum absolute atomic E-state index is 12.5. The molecule has 0 aliphatic rings. The molecule has 0 fully saturated rings. The summed E-state index contributed by atoms with van der Waals surface area (Å²) in [4.78, 5) is 18.3. The molecule has 0 bridgehead atoms. The summed E-state index contributed by atoms with van der Waals surface area (Å²) >= 11 is 0. The van der Waals surface area contributed by atoms with Gasteiger partial charge in [0.25, 0.3) is 0 Å². The summed E-state index contributed by atoms with van der Waals surface area (Å²) < 4.78 is 0. The lowest BCUT2D eigenvalue weighted by atomic mass is 9.94. The van der Waals surface area contributed by atoms with E-state index in [9.17, 15) is 4.79 Å². The molecule has 0 aliphatic heterocycles. The fourth-order valence-corrected chi connectivity index (χ4v) is 2.42. The van der Waals surface area contributed by atoms with Crippen LogP contribution in [0.2, 0.25) is 0 Å². The molecule has 1 heterocycles. The molecule has 0 radical (unpaired) electrons. The van der Waals surface area contributed by atoms with Gasteiger partial charge in [0.1, 0.15) is 0 Å². The van der Waals surface area contributed by atoms with Crippen LogP contribution in [0.4, 0.5) is 0 Å². The Kier molecular flexibility index (Phi) is 5.67. The second-order valence-electron chi connectivity index (χ2n) is 5.59. The summed E-state index contributed by atoms with van der Waals surface area (Å²) in [6, 6.07) is 13.4. The van der Waals surface area contributed by atoms with E-state index in [2.05, 4.69) is 4.98 Å². The van der Waals surface area contributed by atoms with Crippen LogP contribution in [-0.2, 0) is 11.2 Å². The summed E-state index contributed by atoms with van der Waals surface area (Å²) in [5.41, 5.74) is 8.40. The average Bonchev–Trinajstić information content (AvgIpc) is 2.59. The van der Waals surface area contributed by atoms with Gasteiger partial charge in [0, 0.05) is 32.0 Å². The third-order valence-electron chi connectivity index (χ3n) is 3.97. The third kappa shape index (κ3) is 4.15. The SMILES string of the molecule is CC(C(=O)N(C)CCc1ccncc1)C(N)c1ccccc1. The number of aromatic nitrogens is 1. The van der Waals surface area contributed by atoms with E-state index < -0.39 is 0 Å². The van der Waals surface area contributed by atoms with E-state index >= 15 is 0 Å². The highest BCUT2D eigenvalue weighted by atomic mass is 16.2. The van der Waals surface area contributed by atoms with Crippen molar-refractivity contribution in [2.24, 2.45) is 11.7 Å². The molecule has 0 saturated carbocycles. The van der Waals surface area contributed by atoms with Gasteiger partial charge in [0.15, 0.2) is 0 Å². The van der Waals surface area contributed by atoms with Crippen LogP contribution in [0.5, 0.6) is 0 Å². The van der Waals surface area contributed by atoms with Crippen LogP contribution in [0.15, 0.2) is 54.9 Å². The second-order valence-corrected chi connectivity index (χ2v) is 5.59. The van der Waals surface area contributed by atoms with Crippen LogP contribution in [-0.4, -0.2) is 29.4 Å². The Labute approximate surface area is 132 Å². The zero-order valence-corrected chi connectivity index (χ0v) is 13.1. The van der Waals surface area contributed by atoms with Gasteiger partial charge in [0.2, 0.25) is 5.91 Å². The number of likely N-dealkylation sites (N-methyl/N-ethyl adjacent to an activating group) is 1. The van der Waals surface area contributed by atoms with Crippen molar-refractivity contribution in [3.8, 4) is 0 Å². The Morgan fingerprint density at radius 2 is 1.82 bits per heavy atom. The summed E-state index contributed by atoms with van der Waals surface area (Å²) in [5, 5.41) is 0. The molecule has 0 saturated heterocycles. The molecular formula is C18H23N3O. The molecular weight excluding hydrogens is 274 g/mol. The summed E-state index contributed by atoms with van der Waals surface area (Å²) in [6.45, 7) is 2.57.